The molecule has 0 bridgehead atoms. The lowest BCUT2D eigenvalue weighted by molar-refractivity contribution is -0.146. The molecule has 1 fully saturated rings. The lowest BCUT2D eigenvalue weighted by atomic mass is 9.89. The number of ether oxygens (including phenoxy) is 2. The van der Waals surface area contributed by atoms with Crippen molar-refractivity contribution in [1.82, 2.24) is 35.6 Å². The molecule has 1 aliphatic rings. The number of aliphatic imine (C=N–C) groups is 1. The van der Waals surface area contributed by atoms with Gasteiger partial charge in [0, 0.05) is 81.6 Å². The van der Waals surface area contributed by atoms with Gasteiger partial charge in [0.25, 0.3) is 0 Å². The number of hydrogen-bond acceptors (Lipinski definition) is 10. The molecule has 0 spiro atoms. The minimum atomic E-state index is -0.938. The standard InChI is InChI=1S/C51H85N9O8/c1-14-36(5)46(59(11)50(65)45(35(3)4)56-51(57(7)8)58(9)10)42(66-12)33-44(62)60-30-23-27-41(60)47(67-13)37(6)48(63)55-40(32-39-24-18-16-19-25-39)49(64)53-29-22-26-38(15-2)34-54-43(61)28-20-17-21-31-68-52/h15-16,18-19,22,24-26,29,35-37,40-42,45-47H,2,14,17,20-21,23,27-28,30-34,52H2,1,3-13H3,(H,53,64)(H,54,61)(H,55,63)/b29-22+,38-26+/t36-,37+,40-,41-,42+,45-,46-,47+/m0/s1. The minimum absolute atomic E-state index is 0.00820. The first kappa shape index (κ1) is 59.0. The fraction of sp³-hybridized carbons (Fsp3) is 0.647. The number of amides is 5. The van der Waals surface area contributed by atoms with E-state index in [2.05, 4.69) is 41.2 Å². The Hall–Kier alpha value is -5.10. The zero-order valence-electron chi connectivity index (χ0n) is 43.2. The van der Waals surface area contributed by atoms with E-state index in [9.17, 15) is 24.0 Å². The number of carbonyl (C=O) groups is 5. The summed E-state index contributed by atoms with van der Waals surface area (Å²) in [6, 6.07) is 6.97. The second kappa shape index (κ2) is 31.1. The Morgan fingerprint density at radius 1 is 0.956 bits per heavy atom. The minimum Gasteiger partial charge on any atom is -0.379 e. The largest absolute Gasteiger partial charge is 0.379 e. The van der Waals surface area contributed by atoms with Crippen LogP contribution in [0.25, 0.3) is 0 Å². The number of nitrogens with one attached hydrogen (secondary N) is 3. The smallest absolute Gasteiger partial charge is 0.247 e. The Morgan fingerprint density at radius 3 is 2.21 bits per heavy atom. The number of unbranched alkanes of at least 4 members (excludes halogenated alkanes) is 2. The summed E-state index contributed by atoms with van der Waals surface area (Å²) in [5.41, 5.74) is 1.59. The number of nitrogens with two attached hydrogens (primary N) is 1. The normalized spacial score (nSPS) is 17.1. The predicted molar refractivity (Wildman–Crippen MR) is 269 cm³/mol. The zero-order valence-corrected chi connectivity index (χ0v) is 43.2. The van der Waals surface area contributed by atoms with E-state index >= 15 is 0 Å². The van der Waals surface area contributed by atoms with E-state index in [-0.39, 0.29) is 48.9 Å². The summed E-state index contributed by atoms with van der Waals surface area (Å²) in [5, 5.41) is 8.65. The van der Waals surface area contributed by atoms with Crippen molar-refractivity contribution in [3.05, 3.63) is 72.5 Å². The molecule has 1 saturated heterocycles. The van der Waals surface area contributed by atoms with Crippen LogP contribution in [0.15, 0.2) is 71.9 Å². The lowest BCUT2D eigenvalue weighted by Gasteiger charge is -2.40. The number of hydrogen-bond donors (Lipinski definition) is 4. The summed E-state index contributed by atoms with van der Waals surface area (Å²) in [6.45, 7) is 14.9. The summed E-state index contributed by atoms with van der Waals surface area (Å²) < 4.78 is 12.1. The topological polar surface area (TPSA) is 200 Å². The molecule has 0 aliphatic carbocycles. The van der Waals surface area contributed by atoms with Crippen LogP contribution < -0.4 is 21.8 Å². The van der Waals surface area contributed by atoms with Gasteiger partial charge in [0.2, 0.25) is 29.5 Å². The number of methoxy groups -OCH3 is 2. The van der Waals surface area contributed by atoms with Crippen molar-refractivity contribution in [2.75, 3.05) is 69.2 Å². The molecule has 5 N–H and O–H groups in total. The van der Waals surface area contributed by atoms with Crippen molar-refractivity contribution < 1.29 is 38.3 Å². The Morgan fingerprint density at radius 2 is 1.63 bits per heavy atom. The molecule has 382 valence electrons. The van der Waals surface area contributed by atoms with E-state index in [4.69, 9.17) is 20.4 Å². The van der Waals surface area contributed by atoms with Gasteiger partial charge in [-0.15, -0.1) is 0 Å². The van der Waals surface area contributed by atoms with Gasteiger partial charge in [-0.1, -0.05) is 96.5 Å². The lowest BCUT2D eigenvalue weighted by Crippen LogP contribution is -2.55. The molecular weight excluding hydrogens is 867 g/mol. The maximum atomic E-state index is 14.4. The molecule has 1 aromatic carbocycles. The molecule has 0 aromatic heterocycles. The summed E-state index contributed by atoms with van der Waals surface area (Å²) in [4.78, 5) is 85.7. The molecule has 1 aliphatic heterocycles. The number of rotatable bonds is 29. The molecular formula is C51H85N9O8. The van der Waals surface area contributed by atoms with E-state index in [1.807, 2.05) is 82.2 Å². The first-order valence-corrected chi connectivity index (χ1v) is 24.1. The van der Waals surface area contributed by atoms with Crippen molar-refractivity contribution in [3.63, 3.8) is 0 Å². The van der Waals surface area contributed by atoms with Crippen LogP contribution in [0.2, 0.25) is 0 Å². The third-order valence-corrected chi connectivity index (χ3v) is 12.7. The van der Waals surface area contributed by atoms with Gasteiger partial charge in [-0.25, -0.2) is 10.9 Å². The average molecular weight is 952 g/mol. The van der Waals surface area contributed by atoms with Crippen LogP contribution in [-0.4, -0.2) is 161 Å². The molecule has 68 heavy (non-hydrogen) atoms. The van der Waals surface area contributed by atoms with Gasteiger partial charge in [-0.2, -0.15) is 0 Å². The van der Waals surface area contributed by atoms with Gasteiger partial charge in [0.15, 0.2) is 5.96 Å². The maximum Gasteiger partial charge on any atom is 0.247 e. The quantitative estimate of drug-likeness (QED) is 0.0291. The molecule has 17 heteroatoms. The number of guanidine groups is 1. The SMILES string of the molecule is C=C/C(=C\C=C\NC(=O)[C@H](Cc1ccccc1)NC(=O)[C@H](C)[C@@H](OC)[C@@H]1CCCN1C(=O)C[C@@H](OC)[C@H]([C@@H](C)CC)N(C)C(=O)[C@@H](N=C(N(C)C)N(C)C)C(C)C)CNC(=O)CCCCCON. The summed E-state index contributed by atoms with van der Waals surface area (Å²) >= 11 is 0. The van der Waals surface area contributed by atoms with Gasteiger partial charge in [-0.05, 0) is 54.7 Å². The Kier molecular flexibility index (Phi) is 27.0. The van der Waals surface area contributed by atoms with E-state index in [1.54, 1.807) is 49.1 Å². The van der Waals surface area contributed by atoms with Gasteiger partial charge in [-0.3, -0.25) is 24.0 Å². The molecule has 0 radical (unpaired) electrons. The Balaban J connectivity index is 2.26. The van der Waals surface area contributed by atoms with Crippen molar-refractivity contribution in [1.29, 1.82) is 0 Å². The fourth-order valence-electron chi connectivity index (χ4n) is 8.66. The molecule has 0 unspecified atom stereocenters. The van der Waals surface area contributed by atoms with Crippen LogP contribution in [-0.2, 0) is 44.7 Å². The van der Waals surface area contributed by atoms with Gasteiger partial charge in [0.1, 0.15) is 12.1 Å². The van der Waals surface area contributed by atoms with Crippen LogP contribution in [0, 0.1) is 17.8 Å². The second-order valence-electron chi connectivity index (χ2n) is 18.5. The molecule has 17 nitrogen and oxygen atoms in total. The highest BCUT2D eigenvalue weighted by molar-refractivity contribution is 5.90. The molecule has 2 rings (SSSR count). The predicted octanol–water partition coefficient (Wildman–Crippen LogP) is 4.45. The van der Waals surface area contributed by atoms with Crippen LogP contribution in [0.4, 0.5) is 0 Å². The number of nitrogens with zero attached hydrogens (tertiary/aromatic N) is 5. The molecule has 0 saturated carbocycles. The number of carbonyl (C=O) groups excluding carboxylic acids is 5. The number of likely N-dealkylation sites (tertiary alicyclic amines) is 1. The maximum absolute atomic E-state index is 14.4. The third-order valence-electron chi connectivity index (χ3n) is 12.7. The van der Waals surface area contributed by atoms with E-state index < -0.39 is 54.1 Å². The Labute approximate surface area is 407 Å². The Bertz CT molecular complexity index is 1810. The highest BCUT2D eigenvalue weighted by Crippen LogP contribution is 2.30. The van der Waals surface area contributed by atoms with E-state index in [0.29, 0.717) is 32.0 Å². The number of allylic oxidation sites excluding steroid dienone is 2. The van der Waals surface area contributed by atoms with Crippen LogP contribution in [0.1, 0.15) is 91.5 Å². The monoisotopic (exact) mass is 952 g/mol. The first-order chi connectivity index (χ1) is 32.4. The number of benzene rings is 1. The summed E-state index contributed by atoms with van der Waals surface area (Å²) in [7, 11) is 12.5. The van der Waals surface area contributed by atoms with Crippen LogP contribution in [0.5, 0.6) is 0 Å². The van der Waals surface area contributed by atoms with Crippen molar-refractivity contribution in [2.24, 2.45) is 28.6 Å². The fourth-order valence-corrected chi connectivity index (χ4v) is 8.66. The van der Waals surface area contributed by atoms with Crippen LogP contribution >= 0.6 is 0 Å². The summed E-state index contributed by atoms with van der Waals surface area (Å²) in [5.74, 6) is 3.68. The van der Waals surface area contributed by atoms with Gasteiger partial charge in [0.05, 0.1) is 43.2 Å². The van der Waals surface area contributed by atoms with Gasteiger partial charge >= 0.3 is 0 Å². The zero-order chi connectivity index (χ0) is 50.9. The second-order valence-corrected chi connectivity index (χ2v) is 18.5. The highest BCUT2D eigenvalue weighted by Gasteiger charge is 2.43. The van der Waals surface area contributed by atoms with Crippen molar-refractivity contribution in [3.8, 4) is 0 Å². The summed E-state index contributed by atoms with van der Waals surface area (Å²) in [6.07, 6.45) is 10.3. The average Bonchev–Trinajstić information content (AvgIpc) is 3.80. The molecule has 8 atom stereocenters. The van der Waals surface area contributed by atoms with Crippen molar-refractivity contribution >= 4 is 35.5 Å². The van der Waals surface area contributed by atoms with E-state index in [1.165, 1.54) is 13.3 Å². The molecule has 1 aromatic rings. The third kappa shape index (κ3) is 18.8. The molecule has 1 heterocycles. The highest BCUT2D eigenvalue weighted by atomic mass is 16.6. The first-order valence-electron chi connectivity index (χ1n) is 24.1. The van der Waals surface area contributed by atoms with Crippen LogP contribution in [0.3, 0.4) is 0 Å². The van der Waals surface area contributed by atoms with E-state index in [0.717, 1.165) is 43.2 Å². The molecule has 5 amide bonds. The van der Waals surface area contributed by atoms with Crippen molar-refractivity contribution in [2.45, 2.75) is 129 Å². The number of likely N-dealkylation sites (N-methyl/N-ethyl adjacent to an activating group) is 1. The van der Waals surface area contributed by atoms with Gasteiger partial charge < -0.3 is 49.9 Å².